The van der Waals surface area contributed by atoms with Crippen LogP contribution in [0.2, 0.25) is 0 Å². The van der Waals surface area contributed by atoms with Crippen molar-refractivity contribution in [2.75, 3.05) is 11.9 Å². The minimum absolute atomic E-state index is 0.290. The lowest BCUT2D eigenvalue weighted by Gasteiger charge is -2.09. The van der Waals surface area contributed by atoms with E-state index in [1.54, 1.807) is 12.1 Å². The van der Waals surface area contributed by atoms with E-state index in [4.69, 9.17) is 4.74 Å². The van der Waals surface area contributed by atoms with Gasteiger partial charge in [-0.3, -0.25) is 0 Å². The summed E-state index contributed by atoms with van der Waals surface area (Å²) in [7, 11) is 0. The molecule has 6 heteroatoms. The number of hydrogen-bond acceptors (Lipinski definition) is 5. The topological polar surface area (TPSA) is 79.9 Å². The van der Waals surface area contributed by atoms with E-state index in [0.29, 0.717) is 18.0 Å². The van der Waals surface area contributed by atoms with Crippen LogP contribution in [0.5, 0.6) is 0 Å². The number of anilines is 2. The molecule has 0 radical (unpaired) electrons. The molecule has 2 aromatic heterocycles. The van der Waals surface area contributed by atoms with Crippen LogP contribution in [-0.2, 0) is 4.74 Å². The van der Waals surface area contributed by atoms with Crippen LogP contribution < -0.4 is 5.32 Å². The van der Waals surface area contributed by atoms with Gasteiger partial charge in [0.05, 0.1) is 17.6 Å². The third kappa shape index (κ3) is 3.96. The molecule has 1 aromatic carbocycles. The number of unbranched alkanes of at least 4 members (excludes halogenated alkanes) is 1. The average Bonchev–Trinajstić information content (AvgIpc) is 2.96. The minimum Gasteiger partial charge on any atom is -0.462 e. The van der Waals surface area contributed by atoms with Gasteiger partial charge in [-0.1, -0.05) is 13.3 Å². The molecule has 0 fully saturated rings. The Morgan fingerprint density at radius 1 is 1.20 bits per heavy atom. The highest BCUT2D eigenvalue weighted by Crippen LogP contribution is 2.24. The first-order valence-corrected chi connectivity index (χ1v) is 8.45. The third-order valence-corrected chi connectivity index (χ3v) is 3.85. The van der Waals surface area contributed by atoms with E-state index in [-0.39, 0.29) is 5.97 Å². The number of hydrogen-bond donors (Lipinski definition) is 2. The molecule has 25 heavy (non-hydrogen) atoms. The van der Waals surface area contributed by atoms with Crippen molar-refractivity contribution in [1.29, 1.82) is 0 Å². The minimum atomic E-state index is -0.290. The van der Waals surface area contributed by atoms with Gasteiger partial charge in [0.2, 0.25) is 0 Å². The standard InChI is InChI=1S/C19H22N4O2/c1-4-5-10-25-19(24)14-6-8-15(9-7-14)23-18-16-11-12(2)20-17(16)21-13(3)22-18/h6-9,11H,4-5,10H2,1-3H3,(H2,20,21,22,23). The van der Waals surface area contributed by atoms with Crippen molar-refractivity contribution < 1.29 is 9.53 Å². The number of nitrogens with one attached hydrogen (secondary N) is 2. The van der Waals surface area contributed by atoms with E-state index >= 15 is 0 Å². The highest BCUT2D eigenvalue weighted by atomic mass is 16.5. The number of H-pyrrole nitrogens is 1. The molecule has 0 aliphatic carbocycles. The zero-order chi connectivity index (χ0) is 17.8. The maximum Gasteiger partial charge on any atom is 0.338 e. The Labute approximate surface area is 146 Å². The van der Waals surface area contributed by atoms with Crippen molar-refractivity contribution in [3.63, 3.8) is 0 Å². The van der Waals surface area contributed by atoms with E-state index in [0.717, 1.165) is 41.1 Å². The zero-order valence-electron chi connectivity index (χ0n) is 14.7. The lowest BCUT2D eigenvalue weighted by Crippen LogP contribution is -2.06. The van der Waals surface area contributed by atoms with Crippen LogP contribution in [0.1, 0.15) is 41.6 Å². The summed E-state index contributed by atoms with van der Waals surface area (Å²) >= 11 is 0. The van der Waals surface area contributed by atoms with Gasteiger partial charge in [-0.2, -0.15) is 0 Å². The number of aryl methyl sites for hydroxylation is 2. The van der Waals surface area contributed by atoms with Gasteiger partial charge < -0.3 is 15.0 Å². The predicted molar refractivity (Wildman–Crippen MR) is 98.3 cm³/mol. The van der Waals surface area contributed by atoms with E-state index in [1.165, 1.54) is 0 Å². The quantitative estimate of drug-likeness (QED) is 0.518. The molecule has 0 saturated heterocycles. The number of fused-ring (bicyclic) bond motifs is 1. The van der Waals surface area contributed by atoms with Crippen molar-refractivity contribution in [3.8, 4) is 0 Å². The normalized spacial score (nSPS) is 10.8. The molecular weight excluding hydrogens is 316 g/mol. The van der Waals surface area contributed by atoms with Crippen molar-refractivity contribution >= 4 is 28.5 Å². The molecular formula is C19H22N4O2. The Balaban J connectivity index is 1.77. The Kier molecular flexibility index (Phi) is 4.97. The summed E-state index contributed by atoms with van der Waals surface area (Å²) in [6.45, 7) is 6.36. The Morgan fingerprint density at radius 3 is 2.68 bits per heavy atom. The molecule has 0 atom stereocenters. The zero-order valence-corrected chi connectivity index (χ0v) is 14.7. The molecule has 0 bridgehead atoms. The van der Waals surface area contributed by atoms with Crippen LogP contribution >= 0.6 is 0 Å². The Morgan fingerprint density at radius 2 is 1.96 bits per heavy atom. The summed E-state index contributed by atoms with van der Waals surface area (Å²) in [5.41, 5.74) is 3.23. The number of aromatic nitrogens is 3. The predicted octanol–water partition coefficient (Wildman–Crippen LogP) is 4.28. The molecule has 6 nitrogen and oxygen atoms in total. The van der Waals surface area contributed by atoms with Crippen LogP contribution in [0.25, 0.3) is 11.0 Å². The number of esters is 1. The van der Waals surface area contributed by atoms with Gasteiger partial charge >= 0.3 is 5.97 Å². The number of ether oxygens (including phenoxy) is 1. The Hall–Kier alpha value is -2.89. The van der Waals surface area contributed by atoms with Gasteiger partial charge in [-0.05, 0) is 50.6 Å². The first kappa shape index (κ1) is 17.0. The van der Waals surface area contributed by atoms with Crippen LogP contribution in [0.4, 0.5) is 11.5 Å². The average molecular weight is 338 g/mol. The first-order chi connectivity index (χ1) is 12.1. The second-order valence-corrected chi connectivity index (χ2v) is 6.03. The fraction of sp³-hybridized carbons (Fsp3) is 0.316. The van der Waals surface area contributed by atoms with E-state index < -0.39 is 0 Å². The van der Waals surface area contributed by atoms with Crippen LogP contribution in [0.15, 0.2) is 30.3 Å². The second kappa shape index (κ2) is 7.34. The largest absolute Gasteiger partial charge is 0.462 e. The molecule has 0 amide bonds. The van der Waals surface area contributed by atoms with Gasteiger partial charge in [0.25, 0.3) is 0 Å². The Bertz CT molecular complexity index is 884. The second-order valence-electron chi connectivity index (χ2n) is 6.03. The summed E-state index contributed by atoms with van der Waals surface area (Å²) in [5, 5.41) is 4.23. The van der Waals surface area contributed by atoms with Crippen molar-refractivity contribution in [2.24, 2.45) is 0 Å². The number of carbonyl (C=O) groups is 1. The lowest BCUT2D eigenvalue weighted by atomic mass is 10.2. The molecule has 0 saturated carbocycles. The number of nitrogens with zero attached hydrogens (tertiary/aromatic N) is 2. The summed E-state index contributed by atoms with van der Waals surface area (Å²) in [6.07, 6.45) is 1.88. The summed E-state index contributed by atoms with van der Waals surface area (Å²) < 4.78 is 5.22. The van der Waals surface area contributed by atoms with Crippen LogP contribution in [0, 0.1) is 13.8 Å². The SMILES string of the molecule is CCCCOC(=O)c1ccc(Nc2nc(C)nc3[nH]c(C)cc23)cc1. The van der Waals surface area contributed by atoms with Gasteiger partial charge in [0.1, 0.15) is 17.3 Å². The fourth-order valence-corrected chi connectivity index (χ4v) is 2.57. The number of benzene rings is 1. The van der Waals surface area contributed by atoms with Gasteiger partial charge in [-0.25, -0.2) is 14.8 Å². The van der Waals surface area contributed by atoms with Gasteiger partial charge in [0, 0.05) is 11.4 Å². The monoisotopic (exact) mass is 338 g/mol. The van der Waals surface area contributed by atoms with Gasteiger partial charge in [0.15, 0.2) is 0 Å². The number of aromatic amines is 1. The van der Waals surface area contributed by atoms with E-state index in [2.05, 4.69) is 27.2 Å². The number of carbonyl (C=O) groups excluding carboxylic acids is 1. The molecule has 0 spiro atoms. The lowest BCUT2D eigenvalue weighted by molar-refractivity contribution is 0.0500. The maximum atomic E-state index is 11.9. The molecule has 130 valence electrons. The molecule has 0 aliphatic heterocycles. The molecule has 2 heterocycles. The van der Waals surface area contributed by atoms with Crippen LogP contribution in [0.3, 0.4) is 0 Å². The first-order valence-electron chi connectivity index (χ1n) is 8.45. The van der Waals surface area contributed by atoms with Crippen molar-refractivity contribution in [3.05, 3.63) is 47.4 Å². The fourth-order valence-electron chi connectivity index (χ4n) is 2.57. The third-order valence-electron chi connectivity index (χ3n) is 3.85. The molecule has 0 unspecified atom stereocenters. The number of rotatable bonds is 6. The molecule has 2 N–H and O–H groups in total. The van der Waals surface area contributed by atoms with E-state index in [9.17, 15) is 4.79 Å². The molecule has 0 aliphatic rings. The summed E-state index contributed by atoms with van der Waals surface area (Å²) in [4.78, 5) is 24.1. The maximum absolute atomic E-state index is 11.9. The highest BCUT2D eigenvalue weighted by molar-refractivity contribution is 5.91. The van der Waals surface area contributed by atoms with Crippen molar-refractivity contribution in [1.82, 2.24) is 15.0 Å². The van der Waals surface area contributed by atoms with Crippen LogP contribution in [-0.4, -0.2) is 27.5 Å². The molecule has 3 rings (SSSR count). The summed E-state index contributed by atoms with van der Waals surface area (Å²) in [5.74, 6) is 1.14. The van der Waals surface area contributed by atoms with Crippen molar-refractivity contribution in [2.45, 2.75) is 33.6 Å². The summed E-state index contributed by atoms with van der Waals surface area (Å²) in [6, 6.07) is 9.21. The molecule has 3 aromatic rings. The van der Waals surface area contributed by atoms with Gasteiger partial charge in [-0.15, -0.1) is 0 Å². The van der Waals surface area contributed by atoms with E-state index in [1.807, 2.05) is 32.0 Å². The highest BCUT2D eigenvalue weighted by Gasteiger charge is 2.10. The smallest absolute Gasteiger partial charge is 0.338 e.